The standard InChI is InChI=1S/C11H18F3N3/c1-8(2)6-15-7-9(3)17-5-4-10(16-17)11(12,13)14/h4-5,8-9,15H,6-7H2,1-3H3. The number of nitrogens with one attached hydrogen (secondary N) is 1. The molecule has 1 atom stereocenters. The Kier molecular flexibility index (Phi) is 4.56. The van der Waals surface area contributed by atoms with E-state index in [1.165, 1.54) is 10.9 Å². The van der Waals surface area contributed by atoms with Crippen molar-refractivity contribution in [3.05, 3.63) is 18.0 Å². The van der Waals surface area contributed by atoms with Crippen molar-refractivity contribution >= 4 is 0 Å². The molecule has 6 heteroatoms. The maximum atomic E-state index is 12.3. The molecule has 0 aromatic carbocycles. The molecule has 1 rings (SSSR count). The smallest absolute Gasteiger partial charge is 0.314 e. The second kappa shape index (κ2) is 5.53. The van der Waals surface area contributed by atoms with E-state index < -0.39 is 11.9 Å². The van der Waals surface area contributed by atoms with Crippen molar-refractivity contribution in [3.8, 4) is 0 Å². The number of hydrogen-bond acceptors (Lipinski definition) is 2. The van der Waals surface area contributed by atoms with E-state index >= 15 is 0 Å². The molecule has 0 aliphatic carbocycles. The molecular weight excluding hydrogens is 231 g/mol. The monoisotopic (exact) mass is 249 g/mol. The van der Waals surface area contributed by atoms with E-state index in [-0.39, 0.29) is 6.04 Å². The number of nitrogens with zero attached hydrogens (tertiary/aromatic N) is 2. The Morgan fingerprint density at radius 3 is 2.41 bits per heavy atom. The zero-order chi connectivity index (χ0) is 13.1. The molecule has 0 saturated heterocycles. The van der Waals surface area contributed by atoms with Crippen LogP contribution in [0.3, 0.4) is 0 Å². The summed E-state index contributed by atoms with van der Waals surface area (Å²) in [6.45, 7) is 7.44. The first kappa shape index (κ1) is 14.0. The fourth-order valence-corrected chi connectivity index (χ4v) is 1.41. The molecule has 0 aliphatic heterocycles. The van der Waals surface area contributed by atoms with E-state index in [0.29, 0.717) is 12.5 Å². The molecule has 0 bridgehead atoms. The second-order valence-corrected chi connectivity index (χ2v) is 4.58. The molecule has 98 valence electrons. The Balaban J connectivity index is 2.52. The van der Waals surface area contributed by atoms with Gasteiger partial charge in [-0.05, 0) is 25.5 Å². The van der Waals surface area contributed by atoms with Gasteiger partial charge in [0.25, 0.3) is 0 Å². The van der Waals surface area contributed by atoms with Crippen LogP contribution in [0.2, 0.25) is 0 Å². The van der Waals surface area contributed by atoms with Gasteiger partial charge in [0.2, 0.25) is 0 Å². The first-order valence-electron chi connectivity index (χ1n) is 5.63. The van der Waals surface area contributed by atoms with E-state index in [0.717, 1.165) is 12.6 Å². The van der Waals surface area contributed by atoms with Crippen LogP contribution in [-0.2, 0) is 6.18 Å². The minimum absolute atomic E-state index is 0.0927. The highest BCUT2D eigenvalue weighted by atomic mass is 19.4. The Hall–Kier alpha value is -1.04. The molecule has 0 aliphatic rings. The molecule has 1 aromatic heterocycles. The van der Waals surface area contributed by atoms with Gasteiger partial charge in [-0.15, -0.1) is 0 Å². The summed E-state index contributed by atoms with van der Waals surface area (Å²) in [6.07, 6.45) is -3.00. The summed E-state index contributed by atoms with van der Waals surface area (Å²) in [6, 6.07) is 0.906. The van der Waals surface area contributed by atoms with Gasteiger partial charge in [-0.1, -0.05) is 13.8 Å². The van der Waals surface area contributed by atoms with Gasteiger partial charge in [0.1, 0.15) is 0 Å². The fourth-order valence-electron chi connectivity index (χ4n) is 1.41. The maximum Gasteiger partial charge on any atom is 0.435 e. The van der Waals surface area contributed by atoms with E-state index in [2.05, 4.69) is 24.3 Å². The van der Waals surface area contributed by atoms with Crippen LogP contribution < -0.4 is 5.32 Å². The van der Waals surface area contributed by atoms with Crippen LogP contribution >= 0.6 is 0 Å². The molecule has 0 fully saturated rings. The quantitative estimate of drug-likeness (QED) is 0.869. The lowest BCUT2D eigenvalue weighted by Crippen LogP contribution is -2.27. The third-order valence-electron chi connectivity index (χ3n) is 2.34. The minimum Gasteiger partial charge on any atom is -0.314 e. The lowest BCUT2D eigenvalue weighted by molar-refractivity contribution is -0.141. The van der Waals surface area contributed by atoms with Crippen molar-refractivity contribution in [1.29, 1.82) is 0 Å². The van der Waals surface area contributed by atoms with Crippen molar-refractivity contribution < 1.29 is 13.2 Å². The molecule has 1 heterocycles. The molecule has 1 N–H and O–H groups in total. The van der Waals surface area contributed by atoms with Gasteiger partial charge in [-0.2, -0.15) is 18.3 Å². The highest BCUT2D eigenvalue weighted by Gasteiger charge is 2.33. The van der Waals surface area contributed by atoms with Crippen LogP contribution in [0.15, 0.2) is 12.3 Å². The zero-order valence-electron chi connectivity index (χ0n) is 10.3. The second-order valence-electron chi connectivity index (χ2n) is 4.58. The van der Waals surface area contributed by atoms with Crippen molar-refractivity contribution in [2.75, 3.05) is 13.1 Å². The van der Waals surface area contributed by atoms with Gasteiger partial charge >= 0.3 is 6.18 Å². The molecule has 3 nitrogen and oxygen atoms in total. The Morgan fingerprint density at radius 2 is 1.94 bits per heavy atom. The van der Waals surface area contributed by atoms with Crippen LogP contribution in [0.5, 0.6) is 0 Å². The largest absolute Gasteiger partial charge is 0.435 e. The first-order valence-corrected chi connectivity index (χ1v) is 5.63. The lowest BCUT2D eigenvalue weighted by Gasteiger charge is -2.14. The molecule has 0 saturated carbocycles. The van der Waals surface area contributed by atoms with Gasteiger partial charge < -0.3 is 5.32 Å². The molecule has 0 amide bonds. The average Bonchev–Trinajstić information content (AvgIpc) is 2.64. The van der Waals surface area contributed by atoms with Crippen LogP contribution in [0, 0.1) is 5.92 Å². The van der Waals surface area contributed by atoms with E-state index in [4.69, 9.17) is 0 Å². The molecule has 17 heavy (non-hydrogen) atoms. The van der Waals surface area contributed by atoms with Gasteiger partial charge in [-0.3, -0.25) is 4.68 Å². The number of rotatable bonds is 5. The maximum absolute atomic E-state index is 12.3. The molecule has 0 radical (unpaired) electrons. The number of aromatic nitrogens is 2. The summed E-state index contributed by atoms with van der Waals surface area (Å²) in [7, 11) is 0. The zero-order valence-corrected chi connectivity index (χ0v) is 10.3. The van der Waals surface area contributed by atoms with Crippen molar-refractivity contribution in [3.63, 3.8) is 0 Å². The van der Waals surface area contributed by atoms with Crippen molar-refractivity contribution in [2.45, 2.75) is 33.0 Å². The highest BCUT2D eigenvalue weighted by Crippen LogP contribution is 2.27. The van der Waals surface area contributed by atoms with Crippen LogP contribution in [-0.4, -0.2) is 22.9 Å². The lowest BCUT2D eigenvalue weighted by atomic mass is 10.2. The van der Waals surface area contributed by atoms with Crippen LogP contribution in [0.4, 0.5) is 13.2 Å². The minimum atomic E-state index is -4.36. The number of hydrogen-bond donors (Lipinski definition) is 1. The Bertz CT molecular complexity index is 344. The van der Waals surface area contributed by atoms with Gasteiger partial charge in [0.05, 0.1) is 6.04 Å². The van der Waals surface area contributed by atoms with Crippen molar-refractivity contribution in [1.82, 2.24) is 15.1 Å². The van der Waals surface area contributed by atoms with Gasteiger partial charge in [0.15, 0.2) is 5.69 Å². The van der Waals surface area contributed by atoms with Crippen LogP contribution in [0.1, 0.15) is 32.5 Å². The first-order chi connectivity index (χ1) is 7.80. The normalized spacial score (nSPS) is 14.3. The van der Waals surface area contributed by atoms with E-state index in [9.17, 15) is 13.2 Å². The fraction of sp³-hybridized carbons (Fsp3) is 0.727. The predicted octanol–water partition coefficient (Wildman–Crippen LogP) is 2.71. The van der Waals surface area contributed by atoms with Gasteiger partial charge in [0, 0.05) is 12.7 Å². The molecular formula is C11H18F3N3. The van der Waals surface area contributed by atoms with E-state index in [1.807, 2.05) is 6.92 Å². The Labute approximate surface area is 99.0 Å². The summed E-state index contributed by atoms with van der Waals surface area (Å²) in [5.41, 5.74) is -0.840. The summed E-state index contributed by atoms with van der Waals surface area (Å²) in [5.74, 6) is 0.519. The average molecular weight is 249 g/mol. The SMILES string of the molecule is CC(C)CNCC(C)n1ccc(C(F)(F)F)n1. The number of halogens is 3. The third-order valence-corrected chi connectivity index (χ3v) is 2.34. The van der Waals surface area contributed by atoms with Gasteiger partial charge in [-0.25, -0.2) is 0 Å². The molecule has 0 spiro atoms. The van der Waals surface area contributed by atoms with Crippen molar-refractivity contribution in [2.24, 2.45) is 5.92 Å². The summed E-state index contributed by atoms with van der Waals surface area (Å²) in [5, 5.41) is 6.72. The number of alkyl halides is 3. The summed E-state index contributed by atoms with van der Waals surface area (Å²) < 4.78 is 38.3. The van der Waals surface area contributed by atoms with Crippen LogP contribution in [0.25, 0.3) is 0 Å². The highest BCUT2D eigenvalue weighted by molar-refractivity contribution is 5.03. The summed E-state index contributed by atoms with van der Waals surface area (Å²) >= 11 is 0. The Morgan fingerprint density at radius 1 is 1.29 bits per heavy atom. The van der Waals surface area contributed by atoms with E-state index in [1.54, 1.807) is 0 Å². The summed E-state index contributed by atoms with van der Waals surface area (Å²) in [4.78, 5) is 0. The third kappa shape index (κ3) is 4.38. The molecule has 1 aromatic rings. The predicted molar refractivity (Wildman–Crippen MR) is 59.6 cm³/mol. The molecule has 1 unspecified atom stereocenters. The topological polar surface area (TPSA) is 29.9 Å².